The monoisotopic (exact) mass is 322 g/mol. The second-order valence-electron chi connectivity index (χ2n) is 5.87. The molecule has 0 atom stereocenters. The van der Waals surface area contributed by atoms with Crippen molar-refractivity contribution in [3.05, 3.63) is 59.9 Å². The molecule has 1 amide bonds. The topological polar surface area (TPSA) is 66.9 Å². The average Bonchev–Trinajstić information content (AvgIpc) is 2.64. The van der Waals surface area contributed by atoms with Crippen molar-refractivity contribution < 1.29 is 4.79 Å². The zero-order valence-corrected chi connectivity index (χ0v) is 13.7. The molecule has 1 aromatic heterocycles. The van der Waals surface area contributed by atoms with Crippen LogP contribution in [0.1, 0.15) is 42.6 Å². The highest BCUT2D eigenvalue weighted by atomic mass is 16.1. The summed E-state index contributed by atoms with van der Waals surface area (Å²) in [6.45, 7) is 0.649. The molecule has 0 saturated carbocycles. The van der Waals surface area contributed by atoms with Crippen molar-refractivity contribution in [2.24, 2.45) is 0 Å². The van der Waals surface area contributed by atoms with Crippen LogP contribution in [0.25, 0.3) is 0 Å². The first kappa shape index (κ1) is 16.2. The number of para-hydroxylation sites is 1. The quantitative estimate of drug-likeness (QED) is 0.793. The Balaban J connectivity index is 1.55. The second-order valence-corrected chi connectivity index (χ2v) is 5.87. The normalized spacial score (nSPS) is 13.9. The van der Waals surface area contributed by atoms with Gasteiger partial charge in [0, 0.05) is 18.4 Å². The summed E-state index contributed by atoms with van der Waals surface area (Å²) in [5.41, 5.74) is 2.72. The number of hydrogen-bond acceptors (Lipinski definition) is 4. The third-order valence-electron chi connectivity index (χ3n) is 4.03. The van der Waals surface area contributed by atoms with Crippen LogP contribution >= 0.6 is 0 Å². The smallest absolute Gasteiger partial charge is 0.270 e. The number of carbonyl (C=O) groups is 1. The Morgan fingerprint density at radius 3 is 2.79 bits per heavy atom. The molecule has 5 heteroatoms. The lowest BCUT2D eigenvalue weighted by Crippen LogP contribution is -2.26. The van der Waals surface area contributed by atoms with Crippen molar-refractivity contribution in [1.82, 2.24) is 15.3 Å². The number of anilines is 2. The van der Waals surface area contributed by atoms with Crippen LogP contribution in [0.4, 0.5) is 11.6 Å². The molecule has 0 fully saturated rings. The number of aromatic nitrogens is 2. The Kier molecular flexibility index (Phi) is 5.56. The molecule has 5 nitrogen and oxygen atoms in total. The third kappa shape index (κ3) is 4.65. The zero-order chi connectivity index (χ0) is 16.6. The van der Waals surface area contributed by atoms with E-state index in [9.17, 15) is 4.79 Å². The largest absolute Gasteiger partial charge is 0.350 e. The van der Waals surface area contributed by atoms with Crippen LogP contribution in [0.2, 0.25) is 0 Å². The number of amides is 1. The van der Waals surface area contributed by atoms with E-state index in [1.54, 1.807) is 12.3 Å². The summed E-state index contributed by atoms with van der Waals surface area (Å²) in [5.74, 6) is 0.258. The molecule has 2 aromatic rings. The van der Waals surface area contributed by atoms with Crippen molar-refractivity contribution in [1.29, 1.82) is 0 Å². The molecule has 0 saturated heterocycles. The Hall–Kier alpha value is -2.69. The SMILES string of the molecule is O=C(NCCC1=CCCCC1)c1ccnc(Nc2ccccc2)n1. The maximum atomic E-state index is 12.2. The van der Waals surface area contributed by atoms with Crippen LogP contribution < -0.4 is 10.6 Å². The highest BCUT2D eigenvalue weighted by molar-refractivity contribution is 5.92. The Morgan fingerprint density at radius 2 is 2.00 bits per heavy atom. The van der Waals surface area contributed by atoms with Gasteiger partial charge >= 0.3 is 0 Å². The van der Waals surface area contributed by atoms with Crippen molar-refractivity contribution >= 4 is 17.5 Å². The summed E-state index contributed by atoms with van der Waals surface area (Å²) in [6, 6.07) is 11.3. The Bertz CT molecular complexity index is 712. The fraction of sp³-hybridized carbons (Fsp3) is 0.316. The fourth-order valence-corrected chi connectivity index (χ4v) is 2.75. The van der Waals surface area contributed by atoms with Crippen LogP contribution in [-0.2, 0) is 0 Å². The number of rotatable bonds is 6. The van der Waals surface area contributed by atoms with E-state index in [0.717, 1.165) is 18.5 Å². The van der Waals surface area contributed by atoms with E-state index in [2.05, 4.69) is 26.7 Å². The number of allylic oxidation sites excluding steroid dienone is 1. The summed E-state index contributed by atoms with van der Waals surface area (Å²) in [5, 5.41) is 6.04. The first-order valence-electron chi connectivity index (χ1n) is 8.42. The van der Waals surface area contributed by atoms with Gasteiger partial charge in [0.05, 0.1) is 0 Å². The lowest BCUT2D eigenvalue weighted by atomic mass is 9.97. The van der Waals surface area contributed by atoms with Gasteiger partial charge in [0.25, 0.3) is 5.91 Å². The molecule has 0 spiro atoms. The van der Waals surface area contributed by atoms with Crippen LogP contribution in [0.5, 0.6) is 0 Å². The zero-order valence-electron chi connectivity index (χ0n) is 13.7. The second kappa shape index (κ2) is 8.24. The van der Waals surface area contributed by atoms with Gasteiger partial charge in [-0.2, -0.15) is 0 Å². The highest BCUT2D eigenvalue weighted by Crippen LogP contribution is 2.19. The van der Waals surface area contributed by atoms with Gasteiger partial charge in [-0.3, -0.25) is 4.79 Å². The molecule has 2 N–H and O–H groups in total. The van der Waals surface area contributed by atoms with E-state index in [1.165, 1.54) is 24.8 Å². The predicted octanol–water partition coefficient (Wildman–Crippen LogP) is 3.84. The summed E-state index contributed by atoms with van der Waals surface area (Å²) in [7, 11) is 0. The van der Waals surface area contributed by atoms with Crippen LogP contribution in [0.15, 0.2) is 54.2 Å². The highest BCUT2D eigenvalue weighted by Gasteiger charge is 2.09. The molecule has 0 unspecified atom stereocenters. The lowest BCUT2D eigenvalue weighted by molar-refractivity contribution is 0.0949. The van der Waals surface area contributed by atoms with Crippen molar-refractivity contribution in [3.8, 4) is 0 Å². The Labute approximate surface area is 142 Å². The van der Waals surface area contributed by atoms with Crippen LogP contribution in [0, 0.1) is 0 Å². The molecule has 124 valence electrons. The van der Waals surface area contributed by atoms with Gasteiger partial charge in [0.15, 0.2) is 0 Å². The number of hydrogen-bond donors (Lipinski definition) is 2. The fourth-order valence-electron chi connectivity index (χ4n) is 2.75. The van der Waals surface area contributed by atoms with Crippen molar-refractivity contribution in [2.75, 3.05) is 11.9 Å². The van der Waals surface area contributed by atoms with Gasteiger partial charge in [-0.05, 0) is 50.3 Å². The van der Waals surface area contributed by atoms with E-state index in [4.69, 9.17) is 0 Å². The standard InChI is InChI=1S/C19H22N4O/c24-18(20-13-11-15-7-3-1-4-8-15)17-12-14-21-19(23-17)22-16-9-5-2-6-10-16/h2,5-7,9-10,12,14H,1,3-4,8,11,13H2,(H,20,24)(H,21,22,23). The van der Waals surface area contributed by atoms with E-state index in [1.807, 2.05) is 30.3 Å². The molecule has 1 heterocycles. The first-order valence-corrected chi connectivity index (χ1v) is 8.42. The van der Waals surface area contributed by atoms with E-state index in [0.29, 0.717) is 18.2 Å². The van der Waals surface area contributed by atoms with Crippen LogP contribution in [0.3, 0.4) is 0 Å². The molecule has 1 aliphatic rings. The first-order chi connectivity index (χ1) is 11.8. The van der Waals surface area contributed by atoms with Crippen LogP contribution in [-0.4, -0.2) is 22.4 Å². The van der Waals surface area contributed by atoms with Gasteiger partial charge in [-0.1, -0.05) is 29.8 Å². The molecule has 1 aromatic carbocycles. The van der Waals surface area contributed by atoms with Gasteiger partial charge in [0.2, 0.25) is 5.95 Å². The molecule has 1 aliphatic carbocycles. The summed E-state index contributed by atoms with van der Waals surface area (Å²) >= 11 is 0. The maximum Gasteiger partial charge on any atom is 0.270 e. The number of benzene rings is 1. The number of carbonyl (C=O) groups excluding carboxylic acids is 1. The third-order valence-corrected chi connectivity index (χ3v) is 4.03. The van der Waals surface area contributed by atoms with Gasteiger partial charge in [-0.25, -0.2) is 9.97 Å². The summed E-state index contributed by atoms with van der Waals surface area (Å²) < 4.78 is 0. The van der Waals surface area contributed by atoms with Gasteiger partial charge in [-0.15, -0.1) is 0 Å². The Morgan fingerprint density at radius 1 is 1.12 bits per heavy atom. The molecule has 24 heavy (non-hydrogen) atoms. The van der Waals surface area contributed by atoms with Crippen molar-refractivity contribution in [2.45, 2.75) is 32.1 Å². The summed E-state index contributed by atoms with van der Waals surface area (Å²) in [6.07, 6.45) is 9.71. The van der Waals surface area contributed by atoms with E-state index >= 15 is 0 Å². The predicted molar refractivity (Wildman–Crippen MR) is 95.3 cm³/mol. The lowest BCUT2D eigenvalue weighted by Gasteiger charge is -2.13. The van der Waals surface area contributed by atoms with E-state index in [-0.39, 0.29) is 5.91 Å². The molecule has 3 rings (SSSR count). The maximum absolute atomic E-state index is 12.2. The minimum atomic E-state index is -0.162. The number of nitrogens with zero attached hydrogens (tertiary/aromatic N) is 2. The molecule has 0 bridgehead atoms. The minimum absolute atomic E-state index is 0.162. The molecule has 0 radical (unpaired) electrons. The molecular weight excluding hydrogens is 300 g/mol. The van der Waals surface area contributed by atoms with E-state index < -0.39 is 0 Å². The minimum Gasteiger partial charge on any atom is -0.350 e. The number of nitrogens with one attached hydrogen (secondary N) is 2. The summed E-state index contributed by atoms with van der Waals surface area (Å²) in [4.78, 5) is 20.7. The average molecular weight is 322 g/mol. The van der Waals surface area contributed by atoms with Gasteiger partial charge in [0.1, 0.15) is 5.69 Å². The van der Waals surface area contributed by atoms with Gasteiger partial charge < -0.3 is 10.6 Å². The van der Waals surface area contributed by atoms with Crippen molar-refractivity contribution in [3.63, 3.8) is 0 Å². The molecular formula is C19H22N4O. The molecule has 0 aliphatic heterocycles.